The van der Waals surface area contributed by atoms with E-state index < -0.39 is 5.79 Å². The van der Waals surface area contributed by atoms with E-state index in [0.717, 1.165) is 22.3 Å². The largest absolute Gasteiger partial charge is 0.485 e. The summed E-state index contributed by atoms with van der Waals surface area (Å²) in [5, 5.41) is 0. The minimum absolute atomic E-state index is 0.0253. The summed E-state index contributed by atoms with van der Waals surface area (Å²) in [6.45, 7) is 3.93. The topological polar surface area (TPSA) is 42.4 Å². The molecule has 5 heteroatoms. The molecule has 0 spiro atoms. The first kappa shape index (κ1) is 20.7. The third kappa shape index (κ3) is 4.87. The number of hydrogen-bond donors (Lipinski definition) is 0. The van der Waals surface area contributed by atoms with Gasteiger partial charge in [-0.15, -0.1) is 0 Å². The fraction of sp³-hybridized carbons (Fsp3) is 0.250. The molecule has 0 radical (unpaired) electrons. The molecule has 3 rings (SSSR count). The number of aryl methyl sites for hydroxylation is 1. The van der Waals surface area contributed by atoms with Crippen LogP contribution in [0.2, 0.25) is 0 Å². The standard InChI is InChI=1S/C24H25FN2O2/c1-18-6-9-21(10-7-18)24(2,25)27(3)17-19-8-11-23(29-14-13-28)22(15-19)20-5-4-12-26-16-20/h4-13,15-16H,14,17H2,1-3H3. The molecule has 1 unspecified atom stereocenters. The molecule has 1 atom stereocenters. The van der Waals surface area contributed by atoms with Crippen LogP contribution in [0.15, 0.2) is 67.0 Å². The molecule has 0 aliphatic carbocycles. The van der Waals surface area contributed by atoms with Crippen molar-refractivity contribution in [2.75, 3.05) is 13.7 Å². The van der Waals surface area contributed by atoms with Gasteiger partial charge in [0.15, 0.2) is 12.1 Å². The van der Waals surface area contributed by atoms with Crippen LogP contribution >= 0.6 is 0 Å². The van der Waals surface area contributed by atoms with E-state index in [1.54, 1.807) is 31.3 Å². The number of carbonyl (C=O) groups excluding carboxylic acids is 1. The van der Waals surface area contributed by atoms with Crippen LogP contribution in [0.1, 0.15) is 23.6 Å². The number of benzene rings is 2. The molecule has 0 aliphatic rings. The molecule has 1 aromatic heterocycles. The van der Waals surface area contributed by atoms with E-state index in [1.165, 1.54) is 0 Å². The summed E-state index contributed by atoms with van der Waals surface area (Å²) in [7, 11) is 1.76. The number of pyridine rings is 1. The number of rotatable bonds is 8. The predicted octanol–water partition coefficient (Wildman–Crippen LogP) is 4.91. The number of hydrogen-bond acceptors (Lipinski definition) is 4. The van der Waals surface area contributed by atoms with Crippen LogP contribution in [0, 0.1) is 6.92 Å². The van der Waals surface area contributed by atoms with Crippen LogP contribution in [0.25, 0.3) is 11.1 Å². The summed E-state index contributed by atoms with van der Waals surface area (Å²) in [6.07, 6.45) is 4.15. The minimum Gasteiger partial charge on any atom is -0.485 e. The molecule has 0 saturated heterocycles. The van der Waals surface area contributed by atoms with E-state index in [1.807, 2.05) is 61.5 Å². The van der Waals surface area contributed by atoms with Gasteiger partial charge in [0.2, 0.25) is 0 Å². The smallest absolute Gasteiger partial charge is 0.187 e. The zero-order chi connectivity index (χ0) is 20.9. The number of ether oxygens (including phenoxy) is 1. The summed E-state index contributed by atoms with van der Waals surface area (Å²) < 4.78 is 21.1. The van der Waals surface area contributed by atoms with Gasteiger partial charge in [-0.25, -0.2) is 4.39 Å². The van der Waals surface area contributed by atoms with Gasteiger partial charge in [0.1, 0.15) is 12.4 Å². The fourth-order valence-electron chi connectivity index (χ4n) is 3.17. The summed E-state index contributed by atoms with van der Waals surface area (Å²) in [5.74, 6) is -1.02. The molecule has 4 nitrogen and oxygen atoms in total. The highest BCUT2D eigenvalue weighted by Gasteiger charge is 2.31. The maximum atomic E-state index is 15.6. The average Bonchev–Trinajstić information content (AvgIpc) is 2.73. The van der Waals surface area contributed by atoms with Gasteiger partial charge in [-0.2, -0.15) is 0 Å². The molecule has 3 aromatic rings. The SMILES string of the molecule is Cc1ccc(C(C)(F)N(C)Cc2ccc(OCC=O)c(-c3cccnc3)c2)cc1. The van der Waals surface area contributed by atoms with Crippen LogP contribution in [0.4, 0.5) is 4.39 Å². The monoisotopic (exact) mass is 392 g/mol. The van der Waals surface area contributed by atoms with Crippen LogP contribution in [0.5, 0.6) is 5.75 Å². The first-order valence-electron chi connectivity index (χ1n) is 9.49. The summed E-state index contributed by atoms with van der Waals surface area (Å²) in [5.41, 5.74) is 4.34. The summed E-state index contributed by atoms with van der Waals surface area (Å²) >= 11 is 0. The van der Waals surface area contributed by atoms with E-state index in [9.17, 15) is 4.79 Å². The number of aromatic nitrogens is 1. The zero-order valence-corrected chi connectivity index (χ0v) is 16.9. The van der Waals surface area contributed by atoms with Crippen molar-refractivity contribution in [2.24, 2.45) is 0 Å². The Morgan fingerprint density at radius 2 is 1.93 bits per heavy atom. The van der Waals surface area contributed by atoms with Gasteiger partial charge in [0.05, 0.1) is 0 Å². The van der Waals surface area contributed by atoms with Crippen LogP contribution < -0.4 is 4.74 Å². The second-order valence-electron chi connectivity index (χ2n) is 7.23. The fourth-order valence-corrected chi connectivity index (χ4v) is 3.17. The van der Waals surface area contributed by atoms with Crippen molar-refractivity contribution in [2.45, 2.75) is 26.2 Å². The molecule has 150 valence electrons. The molecule has 1 heterocycles. The lowest BCUT2D eigenvalue weighted by molar-refractivity contribution is -0.109. The number of carbonyl (C=O) groups is 1. The first-order valence-corrected chi connectivity index (χ1v) is 9.49. The van der Waals surface area contributed by atoms with Gasteiger partial charge in [0, 0.05) is 35.6 Å². The van der Waals surface area contributed by atoms with E-state index in [4.69, 9.17) is 4.74 Å². The van der Waals surface area contributed by atoms with E-state index in [2.05, 4.69) is 4.98 Å². The maximum absolute atomic E-state index is 15.6. The highest BCUT2D eigenvalue weighted by Crippen LogP contribution is 2.34. The highest BCUT2D eigenvalue weighted by atomic mass is 19.1. The number of alkyl halides is 1. The lowest BCUT2D eigenvalue weighted by Crippen LogP contribution is -2.36. The van der Waals surface area contributed by atoms with Crippen LogP contribution in [-0.4, -0.2) is 29.8 Å². The van der Waals surface area contributed by atoms with Crippen molar-refractivity contribution < 1.29 is 13.9 Å². The van der Waals surface area contributed by atoms with Gasteiger partial charge in [-0.3, -0.25) is 14.7 Å². The Kier molecular flexibility index (Phi) is 6.39. The summed E-state index contributed by atoms with van der Waals surface area (Å²) in [6, 6.07) is 16.9. The highest BCUT2D eigenvalue weighted by molar-refractivity contribution is 5.71. The van der Waals surface area contributed by atoms with Crippen molar-refractivity contribution in [3.05, 3.63) is 83.7 Å². The van der Waals surface area contributed by atoms with E-state index >= 15 is 4.39 Å². The lowest BCUT2D eigenvalue weighted by atomic mass is 10.0. The first-order chi connectivity index (χ1) is 13.9. The zero-order valence-electron chi connectivity index (χ0n) is 16.9. The van der Waals surface area contributed by atoms with E-state index in [-0.39, 0.29) is 6.61 Å². The minimum atomic E-state index is -1.62. The Hall–Kier alpha value is -3.05. The molecule has 0 bridgehead atoms. The lowest BCUT2D eigenvalue weighted by Gasteiger charge is -2.32. The predicted molar refractivity (Wildman–Crippen MR) is 112 cm³/mol. The molecular weight excluding hydrogens is 367 g/mol. The molecule has 0 aliphatic heterocycles. The second kappa shape index (κ2) is 8.97. The van der Waals surface area contributed by atoms with Gasteiger partial charge in [-0.1, -0.05) is 42.0 Å². The summed E-state index contributed by atoms with van der Waals surface area (Å²) in [4.78, 5) is 16.6. The Bertz CT molecular complexity index is 956. The third-order valence-electron chi connectivity index (χ3n) is 5.04. The van der Waals surface area contributed by atoms with Crippen molar-refractivity contribution in [3.8, 4) is 16.9 Å². The number of aldehydes is 1. The van der Waals surface area contributed by atoms with Gasteiger partial charge < -0.3 is 4.74 Å². The van der Waals surface area contributed by atoms with Gasteiger partial charge in [-0.05, 0) is 44.7 Å². The molecule has 0 fully saturated rings. The van der Waals surface area contributed by atoms with Crippen molar-refractivity contribution in [3.63, 3.8) is 0 Å². The molecular formula is C24H25FN2O2. The second-order valence-corrected chi connectivity index (χ2v) is 7.23. The van der Waals surface area contributed by atoms with Crippen molar-refractivity contribution >= 4 is 6.29 Å². The van der Waals surface area contributed by atoms with Gasteiger partial charge >= 0.3 is 0 Å². The normalized spacial score (nSPS) is 13.1. The number of nitrogens with zero attached hydrogens (tertiary/aromatic N) is 2. The third-order valence-corrected chi connectivity index (χ3v) is 5.04. The molecule has 0 amide bonds. The van der Waals surface area contributed by atoms with Crippen molar-refractivity contribution in [1.82, 2.24) is 9.88 Å². The average molecular weight is 392 g/mol. The van der Waals surface area contributed by atoms with Gasteiger partial charge in [0.25, 0.3) is 0 Å². The number of halogens is 1. The molecule has 29 heavy (non-hydrogen) atoms. The van der Waals surface area contributed by atoms with Crippen molar-refractivity contribution in [1.29, 1.82) is 0 Å². The Balaban J connectivity index is 1.88. The Labute approximate surface area is 171 Å². The van der Waals surface area contributed by atoms with Crippen LogP contribution in [0.3, 0.4) is 0 Å². The van der Waals surface area contributed by atoms with E-state index in [0.29, 0.717) is 24.1 Å². The Morgan fingerprint density at radius 3 is 2.59 bits per heavy atom. The maximum Gasteiger partial charge on any atom is 0.187 e. The Morgan fingerprint density at radius 1 is 1.17 bits per heavy atom. The van der Waals surface area contributed by atoms with Crippen LogP contribution in [-0.2, 0) is 17.1 Å². The molecule has 2 aromatic carbocycles. The quantitative estimate of drug-likeness (QED) is 0.404. The molecule has 0 saturated carbocycles. The molecule has 0 N–H and O–H groups in total.